The van der Waals surface area contributed by atoms with Gasteiger partial charge in [0.05, 0.1) is 6.54 Å². The number of halogens is 1. The summed E-state index contributed by atoms with van der Waals surface area (Å²) in [6.45, 7) is 6.81. The molecule has 106 valence electrons. The van der Waals surface area contributed by atoms with Gasteiger partial charge in [-0.05, 0) is 26.8 Å². The molecular formula is C14H22FN3O. The molecule has 0 aliphatic rings. The van der Waals surface area contributed by atoms with Crippen LogP contribution in [0.15, 0.2) is 29.3 Å². The van der Waals surface area contributed by atoms with Gasteiger partial charge in [-0.25, -0.2) is 4.39 Å². The summed E-state index contributed by atoms with van der Waals surface area (Å²) in [5.41, 5.74) is 0.270. The molecule has 0 bridgehead atoms. The number of hydrogen-bond donors (Lipinski definition) is 3. The molecule has 5 heteroatoms. The Hall–Kier alpha value is -1.62. The lowest BCUT2D eigenvalue weighted by Crippen LogP contribution is -2.41. The van der Waals surface area contributed by atoms with Gasteiger partial charge in [0.1, 0.15) is 11.9 Å². The van der Waals surface area contributed by atoms with E-state index in [1.807, 2.05) is 20.8 Å². The molecule has 0 aromatic heterocycles. The van der Waals surface area contributed by atoms with Crippen molar-refractivity contribution in [3.63, 3.8) is 0 Å². The van der Waals surface area contributed by atoms with Crippen LogP contribution in [0.1, 0.15) is 32.4 Å². The number of aliphatic imine (C=N–C) groups is 1. The fraction of sp³-hybridized carbons (Fsp3) is 0.500. The van der Waals surface area contributed by atoms with E-state index >= 15 is 0 Å². The van der Waals surface area contributed by atoms with Crippen molar-refractivity contribution in [2.75, 3.05) is 13.1 Å². The first kappa shape index (κ1) is 15.4. The fourth-order valence-corrected chi connectivity index (χ4v) is 1.61. The molecule has 19 heavy (non-hydrogen) atoms. The molecule has 3 N–H and O–H groups in total. The Morgan fingerprint density at radius 1 is 1.37 bits per heavy atom. The molecule has 1 rings (SSSR count). The molecule has 0 fully saturated rings. The number of benzene rings is 1. The predicted molar refractivity (Wildman–Crippen MR) is 75.6 cm³/mol. The van der Waals surface area contributed by atoms with Crippen LogP contribution in [0, 0.1) is 5.82 Å². The van der Waals surface area contributed by atoms with Gasteiger partial charge in [-0.15, -0.1) is 0 Å². The number of aliphatic hydroxyl groups excluding tert-OH is 1. The topological polar surface area (TPSA) is 56.7 Å². The Bertz CT molecular complexity index is 421. The number of aliphatic hydroxyl groups is 1. The molecule has 1 atom stereocenters. The largest absolute Gasteiger partial charge is 0.386 e. The van der Waals surface area contributed by atoms with Gasteiger partial charge in [-0.1, -0.05) is 18.2 Å². The van der Waals surface area contributed by atoms with Gasteiger partial charge >= 0.3 is 0 Å². The third kappa shape index (κ3) is 5.26. The van der Waals surface area contributed by atoms with Crippen molar-refractivity contribution in [2.24, 2.45) is 4.99 Å². The van der Waals surface area contributed by atoms with Gasteiger partial charge in [0, 0.05) is 18.2 Å². The Kier molecular flexibility index (Phi) is 6.29. The molecule has 0 heterocycles. The zero-order chi connectivity index (χ0) is 14.3. The lowest BCUT2D eigenvalue weighted by Gasteiger charge is -2.15. The molecule has 0 aliphatic heterocycles. The van der Waals surface area contributed by atoms with Crippen LogP contribution >= 0.6 is 0 Å². The Morgan fingerprint density at radius 2 is 2.05 bits per heavy atom. The van der Waals surface area contributed by atoms with Gasteiger partial charge in [0.15, 0.2) is 5.96 Å². The second-order valence-electron chi connectivity index (χ2n) is 4.56. The molecule has 1 aromatic rings. The quantitative estimate of drug-likeness (QED) is 0.563. The zero-order valence-corrected chi connectivity index (χ0v) is 11.7. The van der Waals surface area contributed by atoms with Gasteiger partial charge < -0.3 is 15.7 Å². The monoisotopic (exact) mass is 267 g/mol. The molecule has 0 aliphatic carbocycles. The molecule has 1 aromatic carbocycles. The molecule has 0 spiro atoms. The number of rotatable bonds is 5. The Balaban J connectivity index is 2.69. The number of nitrogens with zero attached hydrogens (tertiary/aromatic N) is 1. The number of hydrogen-bond acceptors (Lipinski definition) is 2. The van der Waals surface area contributed by atoms with Crippen molar-refractivity contribution in [3.8, 4) is 0 Å². The summed E-state index contributed by atoms with van der Waals surface area (Å²) < 4.78 is 13.5. The van der Waals surface area contributed by atoms with E-state index in [4.69, 9.17) is 0 Å². The SMILES string of the molecule is CCNC(=NCC(O)c1ccccc1F)NC(C)C. The van der Waals surface area contributed by atoms with E-state index in [0.29, 0.717) is 5.96 Å². The summed E-state index contributed by atoms with van der Waals surface area (Å²) in [5.74, 6) is 0.208. The third-order valence-electron chi connectivity index (χ3n) is 2.46. The summed E-state index contributed by atoms with van der Waals surface area (Å²) in [6, 6.07) is 6.43. The van der Waals surface area contributed by atoms with Crippen LogP contribution in [0.2, 0.25) is 0 Å². The number of nitrogens with one attached hydrogen (secondary N) is 2. The van der Waals surface area contributed by atoms with E-state index in [1.54, 1.807) is 18.2 Å². The fourth-order valence-electron chi connectivity index (χ4n) is 1.61. The van der Waals surface area contributed by atoms with Crippen LogP contribution in [0.4, 0.5) is 4.39 Å². The standard InChI is InChI=1S/C14H22FN3O/c1-4-16-14(18-10(2)3)17-9-13(19)11-7-5-6-8-12(11)15/h5-8,10,13,19H,4,9H2,1-3H3,(H2,16,17,18). The molecule has 0 radical (unpaired) electrons. The smallest absolute Gasteiger partial charge is 0.191 e. The molecular weight excluding hydrogens is 245 g/mol. The second kappa shape index (κ2) is 7.74. The molecule has 0 amide bonds. The van der Waals surface area contributed by atoms with Crippen molar-refractivity contribution >= 4 is 5.96 Å². The normalized spacial score (nSPS) is 13.5. The maximum Gasteiger partial charge on any atom is 0.191 e. The highest BCUT2D eigenvalue weighted by molar-refractivity contribution is 5.80. The van der Waals surface area contributed by atoms with E-state index in [0.717, 1.165) is 6.54 Å². The summed E-state index contributed by atoms with van der Waals surface area (Å²) in [7, 11) is 0. The minimum atomic E-state index is -0.941. The van der Waals surface area contributed by atoms with E-state index in [2.05, 4.69) is 15.6 Å². The molecule has 0 saturated heterocycles. The van der Waals surface area contributed by atoms with E-state index in [1.165, 1.54) is 6.07 Å². The average molecular weight is 267 g/mol. The van der Waals surface area contributed by atoms with Crippen LogP contribution in [0.5, 0.6) is 0 Å². The molecule has 1 unspecified atom stereocenters. The van der Waals surface area contributed by atoms with Crippen LogP contribution in [-0.2, 0) is 0 Å². The lowest BCUT2D eigenvalue weighted by atomic mass is 10.1. The second-order valence-corrected chi connectivity index (χ2v) is 4.56. The highest BCUT2D eigenvalue weighted by atomic mass is 19.1. The highest BCUT2D eigenvalue weighted by Crippen LogP contribution is 2.16. The minimum absolute atomic E-state index is 0.114. The Morgan fingerprint density at radius 3 is 2.63 bits per heavy atom. The lowest BCUT2D eigenvalue weighted by molar-refractivity contribution is 0.182. The van der Waals surface area contributed by atoms with Gasteiger partial charge in [0.25, 0.3) is 0 Å². The first-order chi connectivity index (χ1) is 9.04. The van der Waals surface area contributed by atoms with Gasteiger partial charge in [-0.2, -0.15) is 0 Å². The maximum atomic E-state index is 13.5. The summed E-state index contributed by atoms with van der Waals surface area (Å²) in [5, 5.41) is 16.2. The minimum Gasteiger partial charge on any atom is -0.386 e. The van der Waals surface area contributed by atoms with E-state index in [-0.39, 0.29) is 18.2 Å². The van der Waals surface area contributed by atoms with E-state index < -0.39 is 11.9 Å². The maximum absolute atomic E-state index is 13.5. The van der Waals surface area contributed by atoms with Crippen LogP contribution in [-0.4, -0.2) is 30.2 Å². The third-order valence-corrected chi connectivity index (χ3v) is 2.46. The van der Waals surface area contributed by atoms with Crippen molar-refractivity contribution < 1.29 is 9.50 Å². The predicted octanol–water partition coefficient (Wildman–Crippen LogP) is 1.82. The molecule has 4 nitrogen and oxygen atoms in total. The average Bonchev–Trinajstić information content (AvgIpc) is 2.36. The van der Waals surface area contributed by atoms with Crippen LogP contribution in [0.3, 0.4) is 0 Å². The van der Waals surface area contributed by atoms with Gasteiger partial charge in [-0.3, -0.25) is 4.99 Å². The van der Waals surface area contributed by atoms with Crippen LogP contribution < -0.4 is 10.6 Å². The summed E-state index contributed by atoms with van der Waals surface area (Å²) in [6.07, 6.45) is -0.941. The van der Waals surface area contributed by atoms with Crippen molar-refractivity contribution in [1.82, 2.24) is 10.6 Å². The van der Waals surface area contributed by atoms with Crippen molar-refractivity contribution in [1.29, 1.82) is 0 Å². The van der Waals surface area contributed by atoms with E-state index in [9.17, 15) is 9.50 Å². The first-order valence-electron chi connectivity index (χ1n) is 6.52. The Labute approximate surface area is 113 Å². The van der Waals surface area contributed by atoms with Crippen molar-refractivity contribution in [2.45, 2.75) is 32.9 Å². The highest BCUT2D eigenvalue weighted by Gasteiger charge is 2.11. The zero-order valence-electron chi connectivity index (χ0n) is 11.7. The van der Waals surface area contributed by atoms with Gasteiger partial charge in [0.2, 0.25) is 0 Å². The molecule has 0 saturated carbocycles. The first-order valence-corrected chi connectivity index (χ1v) is 6.52. The summed E-state index contributed by atoms with van der Waals surface area (Å²) >= 11 is 0. The number of guanidine groups is 1. The van der Waals surface area contributed by atoms with Crippen molar-refractivity contribution in [3.05, 3.63) is 35.6 Å². The summed E-state index contributed by atoms with van der Waals surface area (Å²) in [4.78, 5) is 4.25. The van der Waals surface area contributed by atoms with Crippen LogP contribution in [0.25, 0.3) is 0 Å².